The normalized spacial score (nSPS) is 18.5. The molecule has 6 nitrogen and oxygen atoms in total. The minimum absolute atomic E-state index is 0.0724. The lowest BCUT2D eigenvalue weighted by Gasteiger charge is -2.25. The molecule has 1 atom stereocenters. The van der Waals surface area contributed by atoms with Crippen molar-refractivity contribution in [3.8, 4) is 0 Å². The highest BCUT2D eigenvalue weighted by Crippen LogP contribution is 2.28. The summed E-state index contributed by atoms with van der Waals surface area (Å²) in [6.07, 6.45) is 4.41. The summed E-state index contributed by atoms with van der Waals surface area (Å²) in [6, 6.07) is 16.8. The maximum atomic E-state index is 13.0. The van der Waals surface area contributed by atoms with Gasteiger partial charge in [-0.1, -0.05) is 48.5 Å². The predicted molar refractivity (Wildman–Crippen MR) is 97.9 cm³/mol. The molecule has 0 aromatic heterocycles. The van der Waals surface area contributed by atoms with Crippen LogP contribution in [0.5, 0.6) is 0 Å². The molecule has 0 saturated carbocycles. The van der Waals surface area contributed by atoms with E-state index in [1.54, 1.807) is 18.6 Å². The highest BCUT2D eigenvalue weighted by Gasteiger charge is 2.36. The van der Waals surface area contributed by atoms with Gasteiger partial charge in [-0.25, -0.2) is 4.79 Å². The first-order valence-corrected chi connectivity index (χ1v) is 8.33. The van der Waals surface area contributed by atoms with Gasteiger partial charge in [0.05, 0.1) is 11.7 Å². The molecule has 130 valence electrons. The zero-order chi connectivity index (χ0) is 17.9. The van der Waals surface area contributed by atoms with Gasteiger partial charge in [-0.3, -0.25) is 19.6 Å². The van der Waals surface area contributed by atoms with E-state index in [1.165, 1.54) is 9.80 Å². The van der Waals surface area contributed by atoms with Crippen LogP contribution in [0.15, 0.2) is 72.0 Å². The molecular formula is C20H17N3O3. The standard InChI is InChI=1S/C20H17N3O3/c24-19(22-11-10-21-12-16-8-4-5-9-17(16)22)13-23-18(14-26-20(23)25)15-6-2-1-3-7-15/h1-12,18H,13-14H2. The largest absolute Gasteiger partial charge is 0.447 e. The maximum absolute atomic E-state index is 13.0. The fraction of sp³-hybridized carbons (Fsp3) is 0.150. The number of fused-ring (bicyclic) bond motifs is 1. The average Bonchev–Trinajstić information content (AvgIpc) is 2.90. The minimum atomic E-state index is -0.476. The van der Waals surface area contributed by atoms with Crippen molar-refractivity contribution in [3.63, 3.8) is 0 Å². The Labute approximate surface area is 151 Å². The van der Waals surface area contributed by atoms with Crippen molar-refractivity contribution in [2.75, 3.05) is 18.1 Å². The molecule has 0 spiro atoms. The predicted octanol–water partition coefficient (Wildman–Crippen LogP) is 3.12. The van der Waals surface area contributed by atoms with Gasteiger partial charge in [0.15, 0.2) is 0 Å². The van der Waals surface area contributed by atoms with Crippen LogP contribution in [0.1, 0.15) is 17.2 Å². The van der Waals surface area contributed by atoms with Gasteiger partial charge in [0.2, 0.25) is 0 Å². The van der Waals surface area contributed by atoms with Gasteiger partial charge >= 0.3 is 6.09 Å². The van der Waals surface area contributed by atoms with Crippen LogP contribution in [-0.4, -0.2) is 36.3 Å². The van der Waals surface area contributed by atoms with Crippen molar-refractivity contribution in [1.82, 2.24) is 4.90 Å². The molecule has 2 amide bonds. The Hall–Kier alpha value is -3.41. The van der Waals surface area contributed by atoms with Crippen LogP contribution in [0.4, 0.5) is 10.5 Å². The number of benzene rings is 2. The highest BCUT2D eigenvalue weighted by molar-refractivity contribution is 6.03. The molecule has 0 radical (unpaired) electrons. The molecule has 2 aromatic carbocycles. The van der Waals surface area contributed by atoms with Crippen molar-refractivity contribution >= 4 is 23.9 Å². The number of aliphatic imine (C=N–C) groups is 1. The summed E-state index contributed by atoms with van der Waals surface area (Å²) in [5.74, 6) is -0.223. The van der Waals surface area contributed by atoms with E-state index in [0.717, 1.165) is 16.8 Å². The van der Waals surface area contributed by atoms with Crippen molar-refractivity contribution in [2.45, 2.75) is 6.04 Å². The van der Waals surface area contributed by atoms with Crippen LogP contribution in [0.2, 0.25) is 0 Å². The number of cyclic esters (lactones) is 1. The summed E-state index contributed by atoms with van der Waals surface area (Å²) < 4.78 is 5.19. The molecule has 0 bridgehead atoms. The average molecular weight is 347 g/mol. The third-order valence-corrected chi connectivity index (χ3v) is 4.45. The van der Waals surface area contributed by atoms with Gasteiger partial charge in [-0.2, -0.15) is 0 Å². The zero-order valence-corrected chi connectivity index (χ0v) is 14.0. The number of rotatable bonds is 3. The number of nitrogens with zero attached hydrogens (tertiary/aromatic N) is 3. The summed E-state index contributed by atoms with van der Waals surface area (Å²) in [5.41, 5.74) is 2.52. The second kappa shape index (κ2) is 6.84. The third-order valence-electron chi connectivity index (χ3n) is 4.45. The van der Waals surface area contributed by atoms with Crippen molar-refractivity contribution in [3.05, 3.63) is 78.1 Å². The first-order valence-electron chi connectivity index (χ1n) is 8.33. The molecule has 1 fully saturated rings. The number of carbonyl (C=O) groups excluding carboxylic acids is 2. The minimum Gasteiger partial charge on any atom is -0.447 e. The van der Waals surface area contributed by atoms with E-state index in [-0.39, 0.29) is 25.1 Å². The Morgan fingerprint density at radius 2 is 1.88 bits per heavy atom. The van der Waals surface area contributed by atoms with Crippen LogP contribution < -0.4 is 4.90 Å². The van der Waals surface area contributed by atoms with Gasteiger partial charge in [0, 0.05) is 24.2 Å². The van der Waals surface area contributed by atoms with Crippen LogP contribution in [0.3, 0.4) is 0 Å². The molecule has 2 aromatic rings. The molecule has 0 aliphatic carbocycles. The van der Waals surface area contributed by atoms with Crippen molar-refractivity contribution in [2.24, 2.45) is 4.99 Å². The van der Waals surface area contributed by atoms with Crippen LogP contribution in [0.25, 0.3) is 0 Å². The lowest BCUT2D eigenvalue weighted by atomic mass is 10.1. The molecule has 1 saturated heterocycles. The van der Waals surface area contributed by atoms with Gasteiger partial charge in [-0.05, 0) is 11.6 Å². The van der Waals surface area contributed by atoms with Crippen LogP contribution in [0, 0.1) is 0 Å². The second-order valence-electron chi connectivity index (χ2n) is 6.03. The molecular weight excluding hydrogens is 330 g/mol. The molecule has 1 unspecified atom stereocenters. The number of carbonyl (C=O) groups is 2. The summed E-state index contributed by atoms with van der Waals surface area (Å²) in [6.45, 7) is 0.169. The summed E-state index contributed by atoms with van der Waals surface area (Å²) in [7, 11) is 0. The second-order valence-corrected chi connectivity index (χ2v) is 6.03. The van der Waals surface area contributed by atoms with Gasteiger partial charge in [0.1, 0.15) is 13.2 Å². The van der Waals surface area contributed by atoms with Crippen LogP contribution in [-0.2, 0) is 9.53 Å². The van der Waals surface area contributed by atoms with E-state index in [9.17, 15) is 9.59 Å². The number of amides is 2. The molecule has 2 aliphatic rings. The first-order chi connectivity index (χ1) is 12.7. The Morgan fingerprint density at radius 1 is 1.12 bits per heavy atom. The topological polar surface area (TPSA) is 62.2 Å². The fourth-order valence-electron chi connectivity index (χ4n) is 3.14. The Kier molecular flexibility index (Phi) is 4.23. The summed E-state index contributed by atoms with van der Waals surface area (Å²) >= 11 is 0. The molecule has 6 heteroatoms. The highest BCUT2D eigenvalue weighted by atomic mass is 16.6. The number of hydrogen-bond donors (Lipinski definition) is 0. The van der Waals surface area contributed by atoms with E-state index in [1.807, 2.05) is 54.6 Å². The number of ether oxygens (including phenoxy) is 1. The maximum Gasteiger partial charge on any atom is 0.410 e. The number of anilines is 1. The van der Waals surface area contributed by atoms with Crippen LogP contribution >= 0.6 is 0 Å². The third kappa shape index (κ3) is 2.97. The quantitative estimate of drug-likeness (QED) is 0.857. The fourth-order valence-corrected chi connectivity index (χ4v) is 3.14. The van der Waals surface area contributed by atoms with Gasteiger partial charge in [-0.15, -0.1) is 0 Å². The first kappa shape index (κ1) is 16.1. The van der Waals surface area contributed by atoms with Crippen molar-refractivity contribution < 1.29 is 14.3 Å². The lowest BCUT2D eigenvalue weighted by molar-refractivity contribution is -0.118. The van der Waals surface area contributed by atoms with E-state index in [0.29, 0.717) is 0 Å². The van der Waals surface area contributed by atoms with E-state index >= 15 is 0 Å². The molecule has 2 aliphatic heterocycles. The smallest absolute Gasteiger partial charge is 0.410 e. The summed E-state index contributed by atoms with van der Waals surface area (Å²) in [4.78, 5) is 32.3. The van der Waals surface area contributed by atoms with Gasteiger partial charge in [0.25, 0.3) is 5.91 Å². The Bertz CT molecular complexity index is 892. The molecule has 0 N–H and O–H groups in total. The summed E-state index contributed by atoms with van der Waals surface area (Å²) in [5, 5.41) is 0. The molecule has 2 heterocycles. The number of hydrogen-bond acceptors (Lipinski definition) is 4. The van der Waals surface area contributed by atoms with E-state index < -0.39 is 6.09 Å². The van der Waals surface area contributed by atoms with E-state index in [2.05, 4.69) is 4.99 Å². The molecule has 26 heavy (non-hydrogen) atoms. The van der Waals surface area contributed by atoms with Gasteiger partial charge < -0.3 is 4.74 Å². The Balaban J connectivity index is 1.59. The Morgan fingerprint density at radius 3 is 2.73 bits per heavy atom. The van der Waals surface area contributed by atoms with E-state index in [4.69, 9.17) is 4.74 Å². The monoisotopic (exact) mass is 347 g/mol. The van der Waals surface area contributed by atoms with Crippen molar-refractivity contribution in [1.29, 1.82) is 0 Å². The number of para-hydroxylation sites is 1. The SMILES string of the molecule is O=C(CN1C(=O)OCC1c1ccccc1)N1C=CN=Cc2ccccc21. The molecule has 4 rings (SSSR count). The zero-order valence-electron chi connectivity index (χ0n) is 14.0. The lowest BCUT2D eigenvalue weighted by Crippen LogP contribution is -2.39.